The number of fused-ring (bicyclic) bond motifs is 4. The van der Waals surface area contributed by atoms with E-state index in [0.717, 1.165) is 83.2 Å². The van der Waals surface area contributed by atoms with Crippen molar-refractivity contribution in [3.8, 4) is 5.69 Å². The number of piperazine rings is 1. The minimum Gasteiger partial charge on any atom is -0.368 e. The van der Waals surface area contributed by atoms with Gasteiger partial charge in [-0.05, 0) is 67.1 Å². The van der Waals surface area contributed by atoms with E-state index in [0.29, 0.717) is 10.0 Å². The number of amidine groups is 2. The van der Waals surface area contributed by atoms with Crippen molar-refractivity contribution in [1.29, 1.82) is 0 Å². The number of hydrogen-bond donors (Lipinski definition) is 0. The summed E-state index contributed by atoms with van der Waals surface area (Å²) in [6.07, 6.45) is 0. The normalized spacial score (nSPS) is 17.3. The third-order valence-corrected chi connectivity index (χ3v) is 9.50. The number of rotatable bonds is 3. The van der Waals surface area contributed by atoms with Gasteiger partial charge in [-0.25, -0.2) is 19.1 Å². The van der Waals surface area contributed by atoms with Gasteiger partial charge in [-0.2, -0.15) is 5.10 Å². The van der Waals surface area contributed by atoms with E-state index in [-0.39, 0.29) is 11.9 Å². The average Bonchev–Trinajstić information content (AvgIpc) is 3.41. The topological polar surface area (TPSA) is 52.3 Å². The first-order valence-corrected chi connectivity index (χ1v) is 15.6. The van der Waals surface area contributed by atoms with Crippen LogP contribution in [0, 0.1) is 12.7 Å². The first-order valence-electron chi connectivity index (χ1n) is 14.9. The van der Waals surface area contributed by atoms with Crippen molar-refractivity contribution in [2.75, 3.05) is 36.0 Å². The van der Waals surface area contributed by atoms with Gasteiger partial charge in [0, 0.05) is 37.4 Å². The molecule has 224 valence electrons. The lowest BCUT2D eigenvalue weighted by Crippen LogP contribution is -2.55. The van der Waals surface area contributed by atoms with Gasteiger partial charge in [0.1, 0.15) is 5.82 Å². The summed E-state index contributed by atoms with van der Waals surface area (Å²) in [4.78, 5) is 17.4. The van der Waals surface area contributed by atoms with E-state index in [1.807, 2.05) is 90.5 Å². The fraction of sp³-hybridized carbons (Fsp3) is 0.171. The second-order valence-corrected chi connectivity index (χ2v) is 12.1. The van der Waals surface area contributed by atoms with Gasteiger partial charge in [-0.3, -0.25) is 0 Å². The Balaban J connectivity index is 1.29. The lowest BCUT2D eigenvalue weighted by atomic mass is 9.93. The van der Waals surface area contributed by atoms with E-state index in [1.54, 1.807) is 0 Å². The maximum atomic E-state index is 13.6. The molecule has 1 fully saturated rings. The van der Waals surface area contributed by atoms with E-state index < -0.39 is 0 Å². The Hall–Kier alpha value is -4.66. The van der Waals surface area contributed by atoms with Gasteiger partial charge in [0.15, 0.2) is 17.5 Å². The van der Waals surface area contributed by atoms with Crippen molar-refractivity contribution < 1.29 is 4.39 Å². The van der Waals surface area contributed by atoms with Crippen LogP contribution in [0.3, 0.4) is 0 Å². The molecule has 0 bridgehead atoms. The van der Waals surface area contributed by atoms with Crippen molar-refractivity contribution in [2.45, 2.75) is 13.0 Å². The van der Waals surface area contributed by atoms with Crippen LogP contribution in [-0.4, -0.2) is 52.5 Å². The Morgan fingerprint density at radius 1 is 0.711 bits per heavy atom. The van der Waals surface area contributed by atoms with Crippen molar-refractivity contribution in [3.05, 3.63) is 130 Å². The summed E-state index contributed by atoms with van der Waals surface area (Å²) < 4.78 is 15.5. The highest BCUT2D eigenvalue weighted by molar-refractivity contribution is 6.48. The number of anilines is 2. The molecular weight excluding hydrogens is 608 g/mol. The minimum absolute atomic E-state index is 0.235. The molecule has 3 aliphatic rings. The zero-order valence-corrected chi connectivity index (χ0v) is 25.9. The van der Waals surface area contributed by atoms with Crippen LogP contribution in [0.15, 0.2) is 107 Å². The van der Waals surface area contributed by atoms with E-state index in [1.165, 1.54) is 12.1 Å². The molecule has 3 aliphatic heterocycles. The van der Waals surface area contributed by atoms with Gasteiger partial charge in [0.2, 0.25) is 0 Å². The molecule has 0 spiro atoms. The molecule has 4 aromatic carbocycles. The highest BCUT2D eigenvalue weighted by Gasteiger charge is 2.43. The molecule has 0 aliphatic carbocycles. The van der Waals surface area contributed by atoms with Crippen molar-refractivity contribution in [2.24, 2.45) is 9.98 Å². The molecule has 0 N–H and O–H groups in total. The zero-order valence-electron chi connectivity index (χ0n) is 24.4. The van der Waals surface area contributed by atoms with Gasteiger partial charge in [0.25, 0.3) is 0 Å². The predicted molar refractivity (Wildman–Crippen MR) is 180 cm³/mol. The van der Waals surface area contributed by atoms with E-state index in [9.17, 15) is 4.39 Å². The highest BCUT2D eigenvalue weighted by atomic mass is 35.5. The van der Waals surface area contributed by atoms with Crippen LogP contribution in [-0.2, 0) is 0 Å². The number of benzene rings is 4. The quantitative estimate of drug-likeness (QED) is 0.201. The smallest absolute Gasteiger partial charge is 0.179 e. The Morgan fingerprint density at radius 2 is 1.42 bits per heavy atom. The Labute approximate surface area is 270 Å². The number of aromatic nitrogens is 2. The molecule has 4 heterocycles. The molecule has 1 unspecified atom stereocenters. The second kappa shape index (κ2) is 11.1. The molecule has 1 aromatic heterocycles. The summed E-state index contributed by atoms with van der Waals surface area (Å²) >= 11 is 13.6. The average molecular weight is 637 g/mol. The van der Waals surface area contributed by atoms with Gasteiger partial charge in [0.05, 0.1) is 38.8 Å². The van der Waals surface area contributed by atoms with Crippen molar-refractivity contribution in [1.82, 2.24) is 14.7 Å². The number of para-hydroxylation sites is 3. The summed E-state index contributed by atoms with van der Waals surface area (Å²) in [5.41, 5.74) is 6.39. The maximum absolute atomic E-state index is 13.6. The summed E-state index contributed by atoms with van der Waals surface area (Å²) in [6.45, 7) is 4.98. The number of nitrogens with zero attached hydrogens (tertiary/aromatic N) is 7. The number of aliphatic imine (C=N–C) groups is 2. The molecule has 8 rings (SSSR count). The molecule has 10 heteroatoms. The second-order valence-electron chi connectivity index (χ2n) is 11.3. The SMILES string of the molecule is Cc1nn(-c2ccccc2)c2c1C(c1cccc(Cl)c1Cl)N1C(=N2)C(N2CCN(c3ccc(F)cc3)CC2)=Nc2ccccc21. The number of hydrogen-bond acceptors (Lipinski definition) is 6. The molecule has 5 aromatic rings. The van der Waals surface area contributed by atoms with Crippen LogP contribution in [0.2, 0.25) is 10.0 Å². The predicted octanol–water partition coefficient (Wildman–Crippen LogP) is 8.13. The molecule has 0 radical (unpaired) electrons. The van der Waals surface area contributed by atoms with Crippen molar-refractivity contribution in [3.63, 3.8) is 0 Å². The van der Waals surface area contributed by atoms with Gasteiger partial charge < -0.3 is 14.7 Å². The third kappa shape index (κ3) is 4.67. The summed E-state index contributed by atoms with van der Waals surface area (Å²) in [5, 5.41) is 6.00. The molecular formula is C35H28Cl2FN7. The molecule has 1 saturated heterocycles. The fourth-order valence-electron chi connectivity index (χ4n) is 6.51. The Morgan fingerprint density at radius 3 is 2.20 bits per heavy atom. The van der Waals surface area contributed by atoms with Gasteiger partial charge in [-0.1, -0.05) is 65.7 Å². The highest BCUT2D eigenvalue weighted by Crippen LogP contribution is 2.50. The van der Waals surface area contributed by atoms with Crippen molar-refractivity contribution >= 4 is 57.8 Å². The van der Waals surface area contributed by atoms with Crippen LogP contribution in [0.4, 0.5) is 27.3 Å². The first-order chi connectivity index (χ1) is 22.0. The van der Waals surface area contributed by atoms with E-state index >= 15 is 0 Å². The Bertz CT molecular complexity index is 1980. The van der Waals surface area contributed by atoms with E-state index in [4.69, 9.17) is 38.3 Å². The lowest BCUT2D eigenvalue weighted by Gasteiger charge is -2.44. The van der Waals surface area contributed by atoms with Crippen LogP contribution in [0.5, 0.6) is 0 Å². The van der Waals surface area contributed by atoms with Gasteiger partial charge in [-0.15, -0.1) is 0 Å². The third-order valence-electron chi connectivity index (χ3n) is 8.67. The number of halogens is 3. The minimum atomic E-state index is -0.358. The molecule has 0 saturated carbocycles. The number of aryl methyl sites for hydroxylation is 1. The maximum Gasteiger partial charge on any atom is 0.179 e. The van der Waals surface area contributed by atoms with Crippen LogP contribution in [0.25, 0.3) is 5.69 Å². The van der Waals surface area contributed by atoms with Gasteiger partial charge >= 0.3 is 0 Å². The summed E-state index contributed by atoms with van der Waals surface area (Å²) in [5.74, 6) is 2.03. The lowest BCUT2D eigenvalue weighted by molar-refractivity contribution is 0.389. The van der Waals surface area contributed by atoms with Crippen LogP contribution >= 0.6 is 23.2 Å². The Kier molecular flexibility index (Phi) is 6.84. The summed E-state index contributed by atoms with van der Waals surface area (Å²) in [7, 11) is 0. The molecule has 7 nitrogen and oxygen atoms in total. The standard InChI is InChI=1S/C35H28Cl2FN7/c1-22-30-32(26-10-7-11-27(36)31(26)37)44-29-13-6-5-12-28(29)39-34(35(44)40-33(30)45(41-22)25-8-3-2-4-9-25)43-20-18-42(19-21-43)24-16-14-23(38)15-17-24/h2-17,32H,18-21H2,1H3. The van der Waals surface area contributed by atoms with E-state index in [2.05, 4.69) is 20.8 Å². The molecule has 1 atom stereocenters. The summed E-state index contributed by atoms with van der Waals surface area (Å²) in [6, 6.07) is 30.3. The fourth-order valence-corrected chi connectivity index (χ4v) is 6.92. The first kappa shape index (κ1) is 27.9. The monoisotopic (exact) mass is 635 g/mol. The molecule has 45 heavy (non-hydrogen) atoms. The zero-order chi connectivity index (χ0) is 30.7. The van der Waals surface area contributed by atoms with Crippen LogP contribution < -0.4 is 9.80 Å². The largest absolute Gasteiger partial charge is 0.368 e. The molecule has 0 amide bonds. The van der Waals surface area contributed by atoms with Crippen LogP contribution in [0.1, 0.15) is 22.9 Å².